The molecule has 2 aromatic carbocycles. The van der Waals surface area contributed by atoms with Crippen molar-refractivity contribution < 1.29 is 29.0 Å². The molecule has 1 heterocycles. The lowest BCUT2D eigenvalue weighted by atomic mass is 9.98. The number of benzene rings is 2. The van der Waals surface area contributed by atoms with Crippen LogP contribution in [0.1, 0.15) is 42.7 Å². The minimum Gasteiger partial charge on any atom is -0.481 e. The van der Waals surface area contributed by atoms with E-state index in [0.29, 0.717) is 6.54 Å². The third kappa shape index (κ3) is 5.56. The number of carbonyl (C=O) groups excluding carboxylic acids is 2. The second kappa shape index (κ2) is 11.2. The minimum atomic E-state index is -0.889. The van der Waals surface area contributed by atoms with Crippen LogP contribution in [0.3, 0.4) is 0 Å². The smallest absolute Gasteiger partial charge is 0.407 e. The number of aliphatic carboxylic acids is 1. The monoisotopic (exact) mass is 466 g/mol. The van der Waals surface area contributed by atoms with Crippen molar-refractivity contribution in [3.63, 3.8) is 0 Å². The first-order valence-corrected chi connectivity index (χ1v) is 11.7. The maximum absolute atomic E-state index is 12.3. The van der Waals surface area contributed by atoms with Gasteiger partial charge in [0.2, 0.25) is 5.91 Å². The number of carboxylic acids is 1. The molecular formula is C26H30N2O6. The molecule has 2 aliphatic rings. The number of nitrogens with one attached hydrogen (secondary N) is 1. The van der Waals surface area contributed by atoms with Crippen LogP contribution in [0.25, 0.3) is 11.1 Å². The average molecular weight is 467 g/mol. The Kier molecular flexibility index (Phi) is 7.80. The zero-order chi connectivity index (χ0) is 23.9. The largest absolute Gasteiger partial charge is 0.481 e. The van der Waals surface area contributed by atoms with E-state index in [-0.39, 0.29) is 57.1 Å². The van der Waals surface area contributed by atoms with Crippen LogP contribution >= 0.6 is 0 Å². The molecule has 4 rings (SSSR count). The Morgan fingerprint density at radius 3 is 2.35 bits per heavy atom. The summed E-state index contributed by atoms with van der Waals surface area (Å²) in [5, 5.41) is 11.7. The predicted molar refractivity (Wildman–Crippen MR) is 125 cm³/mol. The number of hydrogen-bond acceptors (Lipinski definition) is 5. The molecule has 0 aromatic heterocycles. The van der Waals surface area contributed by atoms with E-state index in [2.05, 4.69) is 29.6 Å². The summed E-state index contributed by atoms with van der Waals surface area (Å²) in [6.07, 6.45) is 1.23. The van der Waals surface area contributed by atoms with Gasteiger partial charge in [-0.3, -0.25) is 9.59 Å². The Balaban J connectivity index is 1.14. The molecule has 1 saturated heterocycles. The number of carbonyl (C=O) groups is 3. The number of nitrogens with zero attached hydrogens (tertiary/aromatic N) is 1. The van der Waals surface area contributed by atoms with Crippen LogP contribution < -0.4 is 5.32 Å². The van der Waals surface area contributed by atoms with E-state index in [1.807, 2.05) is 24.3 Å². The fourth-order valence-corrected chi connectivity index (χ4v) is 4.86. The van der Waals surface area contributed by atoms with Crippen molar-refractivity contribution in [1.82, 2.24) is 10.2 Å². The molecule has 2 aromatic rings. The zero-order valence-corrected chi connectivity index (χ0v) is 19.1. The van der Waals surface area contributed by atoms with Gasteiger partial charge in [0.05, 0.1) is 26.1 Å². The Labute approximate surface area is 198 Å². The minimum absolute atomic E-state index is 0.0101. The molecule has 2 amide bonds. The van der Waals surface area contributed by atoms with Gasteiger partial charge < -0.3 is 24.8 Å². The fourth-order valence-electron chi connectivity index (χ4n) is 4.86. The molecule has 1 unspecified atom stereocenters. The van der Waals surface area contributed by atoms with Crippen molar-refractivity contribution in [2.24, 2.45) is 0 Å². The maximum atomic E-state index is 12.3. The van der Waals surface area contributed by atoms with Gasteiger partial charge in [-0.25, -0.2) is 4.79 Å². The van der Waals surface area contributed by atoms with Gasteiger partial charge in [-0.1, -0.05) is 48.5 Å². The topological polar surface area (TPSA) is 105 Å². The van der Waals surface area contributed by atoms with Crippen molar-refractivity contribution in [2.75, 3.05) is 32.9 Å². The lowest BCUT2D eigenvalue weighted by molar-refractivity contribution is -0.140. The number of ether oxygens (including phenoxy) is 2. The van der Waals surface area contributed by atoms with E-state index in [1.54, 1.807) is 4.90 Å². The summed E-state index contributed by atoms with van der Waals surface area (Å²) in [5.41, 5.74) is 4.68. The highest BCUT2D eigenvalue weighted by Gasteiger charge is 2.30. The summed E-state index contributed by atoms with van der Waals surface area (Å²) in [4.78, 5) is 37.1. The highest BCUT2D eigenvalue weighted by Crippen LogP contribution is 2.44. The van der Waals surface area contributed by atoms with Crippen LogP contribution in [0.2, 0.25) is 0 Å². The second-order valence-electron chi connectivity index (χ2n) is 8.60. The van der Waals surface area contributed by atoms with Gasteiger partial charge in [0.25, 0.3) is 0 Å². The molecule has 8 heteroatoms. The number of fused-ring (bicyclic) bond motifs is 3. The molecule has 1 aliphatic heterocycles. The molecule has 0 radical (unpaired) electrons. The summed E-state index contributed by atoms with van der Waals surface area (Å²) >= 11 is 0. The highest BCUT2D eigenvalue weighted by atomic mass is 16.5. The normalized spacial score (nSPS) is 16.7. The number of likely N-dealkylation sites (tertiary alicyclic amines) is 1. The third-order valence-corrected chi connectivity index (χ3v) is 6.43. The van der Waals surface area contributed by atoms with Crippen molar-refractivity contribution in [1.29, 1.82) is 0 Å². The van der Waals surface area contributed by atoms with E-state index in [0.717, 1.165) is 24.0 Å². The highest BCUT2D eigenvalue weighted by molar-refractivity contribution is 5.79. The van der Waals surface area contributed by atoms with E-state index in [1.165, 1.54) is 11.1 Å². The van der Waals surface area contributed by atoms with E-state index >= 15 is 0 Å². The standard InChI is InChI=1S/C26H30N2O6/c29-24(28-13-5-6-18(28)16-25(30)31)11-14-33-15-12-27-26(32)34-17-23-21-9-3-1-7-19(21)20-8-2-4-10-22(20)23/h1-4,7-10,18,23H,5-6,11-17H2,(H,27,32)(H,30,31). The van der Waals surface area contributed by atoms with Gasteiger partial charge in [-0.2, -0.15) is 0 Å². The molecule has 1 atom stereocenters. The van der Waals surface area contributed by atoms with Crippen molar-refractivity contribution in [3.05, 3.63) is 59.7 Å². The van der Waals surface area contributed by atoms with Crippen molar-refractivity contribution >= 4 is 18.0 Å². The Morgan fingerprint density at radius 1 is 1.00 bits per heavy atom. The van der Waals surface area contributed by atoms with Gasteiger partial charge in [0, 0.05) is 25.0 Å². The summed E-state index contributed by atoms with van der Waals surface area (Å²) in [6.45, 7) is 1.61. The summed E-state index contributed by atoms with van der Waals surface area (Å²) in [5.74, 6) is -0.968. The second-order valence-corrected chi connectivity index (χ2v) is 8.60. The van der Waals surface area contributed by atoms with Gasteiger partial charge >= 0.3 is 12.1 Å². The Morgan fingerprint density at radius 2 is 1.68 bits per heavy atom. The van der Waals surface area contributed by atoms with Crippen LogP contribution in [0.5, 0.6) is 0 Å². The SMILES string of the molecule is O=C(O)CC1CCCN1C(=O)CCOCCNC(=O)OCC1c2ccccc2-c2ccccc21. The number of rotatable bonds is 10. The Hall–Kier alpha value is -3.39. The average Bonchev–Trinajstić information content (AvgIpc) is 3.42. The van der Waals surface area contributed by atoms with Crippen molar-refractivity contribution in [2.45, 2.75) is 37.6 Å². The number of alkyl carbamates (subject to hydrolysis) is 1. The van der Waals surface area contributed by atoms with Gasteiger partial charge in [0.15, 0.2) is 0 Å². The number of hydrogen-bond donors (Lipinski definition) is 2. The molecule has 0 spiro atoms. The molecule has 2 N–H and O–H groups in total. The van der Waals surface area contributed by atoms with Crippen LogP contribution in [0.4, 0.5) is 4.79 Å². The lowest BCUT2D eigenvalue weighted by Gasteiger charge is -2.23. The third-order valence-electron chi connectivity index (χ3n) is 6.43. The van der Waals surface area contributed by atoms with Gasteiger partial charge in [-0.15, -0.1) is 0 Å². The first-order valence-electron chi connectivity index (χ1n) is 11.7. The predicted octanol–water partition coefficient (Wildman–Crippen LogP) is 3.40. The zero-order valence-electron chi connectivity index (χ0n) is 19.1. The molecule has 8 nitrogen and oxygen atoms in total. The van der Waals surface area contributed by atoms with Crippen LogP contribution in [0, 0.1) is 0 Å². The van der Waals surface area contributed by atoms with E-state index in [4.69, 9.17) is 14.6 Å². The quantitative estimate of drug-likeness (QED) is 0.520. The summed E-state index contributed by atoms with van der Waals surface area (Å²) in [7, 11) is 0. The number of amides is 2. The lowest BCUT2D eigenvalue weighted by Crippen LogP contribution is -2.37. The first kappa shape index (κ1) is 23.8. The fraction of sp³-hybridized carbons (Fsp3) is 0.423. The maximum Gasteiger partial charge on any atom is 0.407 e. The van der Waals surface area contributed by atoms with Gasteiger partial charge in [0.1, 0.15) is 6.61 Å². The summed E-state index contributed by atoms with van der Waals surface area (Å²) < 4.78 is 10.9. The van der Waals surface area contributed by atoms with E-state index in [9.17, 15) is 14.4 Å². The molecule has 180 valence electrons. The van der Waals surface area contributed by atoms with Gasteiger partial charge in [-0.05, 0) is 35.1 Å². The first-order chi connectivity index (χ1) is 16.5. The molecule has 1 aliphatic carbocycles. The van der Waals surface area contributed by atoms with Crippen LogP contribution in [-0.4, -0.2) is 66.9 Å². The van der Waals surface area contributed by atoms with Crippen LogP contribution in [-0.2, 0) is 19.1 Å². The van der Waals surface area contributed by atoms with E-state index < -0.39 is 12.1 Å². The van der Waals surface area contributed by atoms with Crippen LogP contribution in [0.15, 0.2) is 48.5 Å². The molecule has 0 saturated carbocycles. The molecule has 0 bridgehead atoms. The Bertz CT molecular complexity index is 994. The molecule has 34 heavy (non-hydrogen) atoms. The summed E-state index contributed by atoms with van der Waals surface area (Å²) in [6, 6.07) is 16.1. The molecular weight excluding hydrogens is 436 g/mol. The molecule has 1 fully saturated rings. The van der Waals surface area contributed by atoms with Crippen molar-refractivity contribution in [3.8, 4) is 11.1 Å². The number of carboxylic acid groups (broad SMARTS) is 1.